The van der Waals surface area contributed by atoms with Gasteiger partial charge in [-0.05, 0) is 19.4 Å². The second-order valence-electron chi connectivity index (χ2n) is 3.96. The summed E-state index contributed by atoms with van der Waals surface area (Å²) in [7, 11) is -1.61. The molecule has 0 fully saturated rings. The molecule has 0 aromatic carbocycles. The van der Waals surface area contributed by atoms with Crippen LogP contribution < -0.4 is 4.72 Å². The predicted octanol–water partition coefficient (Wildman–Crippen LogP) is 0.0307. The average molecular weight is 274 g/mol. The second-order valence-corrected chi connectivity index (χ2v) is 6.06. The highest BCUT2D eigenvalue weighted by molar-refractivity contribution is 7.89. The fourth-order valence-electron chi connectivity index (χ4n) is 1.26. The smallest absolute Gasteiger partial charge is 0.325 e. The van der Waals surface area contributed by atoms with Crippen molar-refractivity contribution in [1.29, 1.82) is 0 Å². The molecule has 0 aliphatic heterocycles. The lowest BCUT2D eigenvalue weighted by Gasteiger charge is -2.16. The Labute approximate surface area is 107 Å². The van der Waals surface area contributed by atoms with E-state index in [-0.39, 0.29) is 24.9 Å². The van der Waals surface area contributed by atoms with Crippen LogP contribution in [0.3, 0.4) is 0 Å². The normalized spacial score (nSPS) is 11.5. The number of sulfonamides is 1. The highest BCUT2D eigenvalue weighted by Gasteiger charge is 2.13. The number of aryl methyl sites for hydroxylation is 1. The minimum Gasteiger partial charge on any atom is -0.325 e. The molecule has 0 saturated carbocycles. The van der Waals surface area contributed by atoms with Gasteiger partial charge in [-0.3, -0.25) is 0 Å². The van der Waals surface area contributed by atoms with Crippen molar-refractivity contribution in [3.8, 4) is 0 Å². The quantitative estimate of drug-likeness (QED) is 0.821. The molecule has 1 rings (SSSR count). The molecule has 8 heteroatoms. The second kappa shape index (κ2) is 5.96. The van der Waals surface area contributed by atoms with Crippen molar-refractivity contribution < 1.29 is 13.2 Å². The number of nitrogens with zero attached hydrogens (tertiary/aromatic N) is 3. The molecule has 0 radical (unpaired) electrons. The molecule has 7 nitrogen and oxygen atoms in total. The van der Waals surface area contributed by atoms with Gasteiger partial charge in [0.05, 0.1) is 11.9 Å². The van der Waals surface area contributed by atoms with Crippen molar-refractivity contribution in [2.24, 2.45) is 0 Å². The van der Waals surface area contributed by atoms with Gasteiger partial charge in [0.25, 0.3) is 0 Å². The third-order valence-corrected chi connectivity index (χ3v) is 3.79. The minimum atomic E-state index is -3.21. The van der Waals surface area contributed by atoms with Gasteiger partial charge in [-0.15, -0.1) is 0 Å². The van der Waals surface area contributed by atoms with Crippen molar-refractivity contribution in [2.45, 2.75) is 13.8 Å². The molecule has 0 spiro atoms. The molecule has 0 aliphatic rings. The molecule has 0 aliphatic carbocycles. The van der Waals surface area contributed by atoms with Crippen LogP contribution in [0.1, 0.15) is 12.5 Å². The first-order valence-electron chi connectivity index (χ1n) is 5.60. The lowest BCUT2D eigenvalue weighted by atomic mass is 10.4. The van der Waals surface area contributed by atoms with Gasteiger partial charge in [0.2, 0.25) is 10.0 Å². The molecule has 1 heterocycles. The Morgan fingerprint density at radius 1 is 1.56 bits per heavy atom. The monoisotopic (exact) mass is 274 g/mol. The van der Waals surface area contributed by atoms with Crippen LogP contribution in [0.5, 0.6) is 0 Å². The molecular formula is C10H18N4O3S. The zero-order chi connectivity index (χ0) is 13.8. The third kappa shape index (κ3) is 4.11. The number of hydrogen-bond acceptors (Lipinski definition) is 4. The summed E-state index contributed by atoms with van der Waals surface area (Å²) in [6.45, 7) is 3.88. The van der Waals surface area contributed by atoms with E-state index >= 15 is 0 Å². The summed E-state index contributed by atoms with van der Waals surface area (Å²) >= 11 is 0. The molecule has 0 unspecified atom stereocenters. The van der Waals surface area contributed by atoms with Gasteiger partial charge >= 0.3 is 6.03 Å². The highest BCUT2D eigenvalue weighted by Crippen LogP contribution is 1.97. The Morgan fingerprint density at radius 3 is 2.72 bits per heavy atom. The van der Waals surface area contributed by atoms with Crippen molar-refractivity contribution in [2.75, 3.05) is 25.9 Å². The molecule has 1 N–H and O–H groups in total. The molecule has 102 valence electrons. The molecule has 1 aromatic heterocycles. The van der Waals surface area contributed by atoms with E-state index in [1.807, 2.05) is 6.92 Å². The van der Waals surface area contributed by atoms with Crippen molar-refractivity contribution in [3.63, 3.8) is 0 Å². The van der Waals surface area contributed by atoms with Crippen LogP contribution in [0, 0.1) is 6.92 Å². The van der Waals surface area contributed by atoms with E-state index in [0.717, 1.165) is 5.56 Å². The number of hydrogen-bond donors (Lipinski definition) is 1. The maximum absolute atomic E-state index is 11.8. The van der Waals surface area contributed by atoms with Crippen LogP contribution in [-0.4, -0.2) is 55.0 Å². The first-order valence-corrected chi connectivity index (χ1v) is 7.25. The van der Waals surface area contributed by atoms with E-state index in [1.165, 1.54) is 9.58 Å². The van der Waals surface area contributed by atoms with E-state index in [9.17, 15) is 13.2 Å². The Morgan fingerprint density at radius 2 is 2.22 bits per heavy atom. The summed E-state index contributed by atoms with van der Waals surface area (Å²) < 4.78 is 26.0. The summed E-state index contributed by atoms with van der Waals surface area (Å²) in [5.41, 5.74) is 0.892. The van der Waals surface area contributed by atoms with Crippen LogP contribution in [0.2, 0.25) is 0 Å². The highest BCUT2D eigenvalue weighted by atomic mass is 32.2. The predicted molar refractivity (Wildman–Crippen MR) is 67.9 cm³/mol. The number of nitrogens with one attached hydrogen (secondary N) is 1. The van der Waals surface area contributed by atoms with Crippen LogP contribution in [-0.2, 0) is 10.0 Å². The SMILES string of the molecule is CCS(=O)(=O)NCCN(C)C(=O)n1cc(C)cn1. The number of aromatic nitrogens is 2. The fraction of sp³-hybridized carbons (Fsp3) is 0.600. The van der Waals surface area contributed by atoms with Gasteiger partial charge in [-0.1, -0.05) is 0 Å². The fourth-order valence-corrected chi connectivity index (χ4v) is 1.87. The zero-order valence-corrected chi connectivity index (χ0v) is 11.6. The Kier molecular flexibility index (Phi) is 4.85. The zero-order valence-electron chi connectivity index (χ0n) is 10.8. The largest absolute Gasteiger partial charge is 0.344 e. The number of rotatable bonds is 5. The van der Waals surface area contributed by atoms with Crippen LogP contribution in [0.4, 0.5) is 4.79 Å². The van der Waals surface area contributed by atoms with Gasteiger partial charge in [0, 0.05) is 26.3 Å². The van der Waals surface area contributed by atoms with Gasteiger partial charge in [0.1, 0.15) is 0 Å². The molecule has 0 atom stereocenters. The maximum Gasteiger partial charge on any atom is 0.344 e. The maximum atomic E-state index is 11.8. The summed E-state index contributed by atoms with van der Waals surface area (Å²) in [5.74, 6) is 0.0308. The Balaban J connectivity index is 2.46. The van der Waals surface area contributed by atoms with E-state index in [0.29, 0.717) is 0 Å². The molecule has 1 aromatic rings. The molecule has 1 amide bonds. The van der Waals surface area contributed by atoms with Gasteiger partial charge in [-0.2, -0.15) is 9.78 Å². The summed E-state index contributed by atoms with van der Waals surface area (Å²) in [5, 5.41) is 3.90. The van der Waals surface area contributed by atoms with Crippen LogP contribution >= 0.6 is 0 Å². The van der Waals surface area contributed by atoms with Crippen LogP contribution in [0.25, 0.3) is 0 Å². The minimum absolute atomic E-state index is 0.0308. The van der Waals surface area contributed by atoms with E-state index in [2.05, 4.69) is 9.82 Å². The van der Waals surface area contributed by atoms with Gasteiger partial charge in [-0.25, -0.2) is 17.9 Å². The van der Waals surface area contributed by atoms with E-state index < -0.39 is 10.0 Å². The van der Waals surface area contributed by atoms with Gasteiger partial charge in [0.15, 0.2) is 0 Å². The van der Waals surface area contributed by atoms with Gasteiger partial charge < -0.3 is 4.90 Å². The summed E-state index contributed by atoms with van der Waals surface area (Å²) in [6, 6.07) is -0.293. The Bertz CT molecular complexity index is 509. The molecule has 0 saturated heterocycles. The lowest BCUT2D eigenvalue weighted by molar-refractivity contribution is 0.208. The Hall–Kier alpha value is -1.41. The summed E-state index contributed by atoms with van der Waals surface area (Å²) in [4.78, 5) is 13.2. The van der Waals surface area contributed by atoms with Crippen molar-refractivity contribution in [1.82, 2.24) is 19.4 Å². The molecular weight excluding hydrogens is 256 g/mol. The van der Waals surface area contributed by atoms with Crippen LogP contribution in [0.15, 0.2) is 12.4 Å². The van der Waals surface area contributed by atoms with E-state index in [1.54, 1.807) is 26.4 Å². The number of carbonyl (C=O) groups is 1. The van der Waals surface area contributed by atoms with E-state index in [4.69, 9.17) is 0 Å². The summed E-state index contributed by atoms with van der Waals surface area (Å²) in [6.07, 6.45) is 3.21. The first kappa shape index (κ1) is 14.7. The molecule has 18 heavy (non-hydrogen) atoms. The number of amides is 1. The topological polar surface area (TPSA) is 84.3 Å². The first-order chi connectivity index (χ1) is 8.35. The van der Waals surface area contributed by atoms with Crippen molar-refractivity contribution >= 4 is 16.1 Å². The molecule has 0 bridgehead atoms. The lowest BCUT2D eigenvalue weighted by Crippen LogP contribution is -2.38. The average Bonchev–Trinajstić information content (AvgIpc) is 2.74. The standard InChI is InChI=1S/C10H18N4O3S/c1-4-18(16,17)12-5-6-13(3)10(15)14-8-9(2)7-11-14/h7-8,12H,4-6H2,1-3H3. The third-order valence-electron chi connectivity index (χ3n) is 2.38. The number of likely N-dealkylation sites (N-methyl/N-ethyl adjacent to an activating group) is 1. The van der Waals surface area contributed by atoms with Crippen molar-refractivity contribution in [3.05, 3.63) is 18.0 Å². The number of carbonyl (C=O) groups excluding carboxylic acids is 1.